The Balaban J connectivity index is 1.71. The van der Waals surface area contributed by atoms with Gasteiger partial charge in [-0.1, -0.05) is 0 Å². The highest BCUT2D eigenvalue weighted by molar-refractivity contribution is 5.59. The van der Waals surface area contributed by atoms with Crippen LogP contribution in [0.2, 0.25) is 0 Å². The number of nitrogens with one attached hydrogen (secondary N) is 2. The van der Waals surface area contributed by atoms with Gasteiger partial charge >= 0.3 is 0 Å². The Labute approximate surface area is 116 Å². The van der Waals surface area contributed by atoms with Gasteiger partial charge in [0.15, 0.2) is 0 Å². The first-order chi connectivity index (χ1) is 9.81. The highest BCUT2D eigenvalue weighted by Gasteiger charge is 2.10. The smallest absolute Gasteiger partial charge is 0.252 e. The van der Waals surface area contributed by atoms with Gasteiger partial charge in [0.2, 0.25) is 5.95 Å². The predicted molar refractivity (Wildman–Crippen MR) is 77.6 cm³/mol. The molecule has 0 radical (unpaired) electrons. The van der Waals surface area contributed by atoms with Gasteiger partial charge in [0.1, 0.15) is 0 Å². The minimum Gasteiger partial charge on any atom is -0.378 e. The van der Waals surface area contributed by atoms with Gasteiger partial charge in [-0.15, -0.1) is 0 Å². The van der Waals surface area contributed by atoms with Crippen molar-refractivity contribution in [3.05, 3.63) is 46.9 Å². The Morgan fingerprint density at radius 3 is 2.60 bits per heavy atom. The molecule has 20 heavy (non-hydrogen) atoms. The molecular formula is C14H16N4O2. The molecule has 1 aliphatic rings. The van der Waals surface area contributed by atoms with E-state index in [1.807, 2.05) is 12.1 Å². The molecule has 2 N–H and O–H groups in total. The summed E-state index contributed by atoms with van der Waals surface area (Å²) in [5.74, 6) is 0.441. The van der Waals surface area contributed by atoms with Gasteiger partial charge in [-0.05, 0) is 24.3 Å². The summed E-state index contributed by atoms with van der Waals surface area (Å²) in [5.41, 5.74) is 1.89. The molecule has 0 bridgehead atoms. The average molecular weight is 272 g/mol. The number of rotatable bonds is 3. The molecule has 0 atom stereocenters. The van der Waals surface area contributed by atoms with Crippen molar-refractivity contribution < 1.29 is 4.74 Å². The largest absolute Gasteiger partial charge is 0.378 e. The maximum absolute atomic E-state index is 11.2. The number of H-pyrrole nitrogens is 1. The van der Waals surface area contributed by atoms with Crippen LogP contribution in [0.25, 0.3) is 0 Å². The molecule has 0 unspecified atom stereocenters. The van der Waals surface area contributed by atoms with Gasteiger partial charge in [-0.3, -0.25) is 9.78 Å². The SMILES string of the molecule is O=c1ccnc(Nc2ccc(N3CCOCC3)cc2)[nH]1. The lowest BCUT2D eigenvalue weighted by molar-refractivity contribution is 0.122. The fraction of sp³-hybridized carbons (Fsp3) is 0.286. The van der Waals surface area contributed by atoms with E-state index < -0.39 is 0 Å². The highest BCUT2D eigenvalue weighted by Crippen LogP contribution is 2.20. The van der Waals surface area contributed by atoms with Crippen molar-refractivity contribution in [2.45, 2.75) is 0 Å². The summed E-state index contributed by atoms with van der Waals surface area (Å²) in [6.07, 6.45) is 1.48. The lowest BCUT2D eigenvalue weighted by atomic mass is 10.2. The first-order valence-electron chi connectivity index (χ1n) is 6.56. The van der Waals surface area contributed by atoms with Crippen molar-refractivity contribution in [3.63, 3.8) is 0 Å². The van der Waals surface area contributed by atoms with E-state index in [-0.39, 0.29) is 5.56 Å². The zero-order valence-electron chi connectivity index (χ0n) is 11.0. The van der Waals surface area contributed by atoms with Crippen LogP contribution in [-0.4, -0.2) is 36.3 Å². The number of morpholine rings is 1. The van der Waals surface area contributed by atoms with E-state index in [4.69, 9.17) is 4.74 Å². The molecule has 0 spiro atoms. The van der Waals surface area contributed by atoms with Gasteiger partial charge < -0.3 is 15.0 Å². The van der Waals surface area contributed by atoms with E-state index in [1.165, 1.54) is 18.0 Å². The molecule has 0 aliphatic carbocycles. The number of ether oxygens (including phenoxy) is 1. The number of benzene rings is 1. The lowest BCUT2D eigenvalue weighted by Crippen LogP contribution is -2.36. The quantitative estimate of drug-likeness (QED) is 0.882. The molecule has 1 saturated heterocycles. The minimum absolute atomic E-state index is 0.174. The molecule has 6 nitrogen and oxygen atoms in total. The molecule has 104 valence electrons. The van der Waals surface area contributed by atoms with Crippen LogP contribution in [-0.2, 0) is 4.74 Å². The van der Waals surface area contributed by atoms with Crippen LogP contribution in [0.1, 0.15) is 0 Å². The van der Waals surface area contributed by atoms with Crippen LogP contribution < -0.4 is 15.8 Å². The second kappa shape index (κ2) is 5.75. The summed E-state index contributed by atoms with van der Waals surface area (Å²) >= 11 is 0. The van der Waals surface area contributed by atoms with Crippen molar-refractivity contribution >= 4 is 17.3 Å². The Hall–Kier alpha value is -2.34. The topological polar surface area (TPSA) is 70.2 Å². The average Bonchev–Trinajstić information content (AvgIpc) is 2.49. The third-order valence-electron chi connectivity index (χ3n) is 3.18. The Bertz CT molecular complexity index is 618. The van der Waals surface area contributed by atoms with Crippen LogP contribution in [0, 0.1) is 0 Å². The number of hydrogen-bond donors (Lipinski definition) is 2. The first-order valence-corrected chi connectivity index (χ1v) is 6.56. The zero-order valence-corrected chi connectivity index (χ0v) is 11.0. The Morgan fingerprint density at radius 2 is 1.90 bits per heavy atom. The normalized spacial score (nSPS) is 15.1. The number of aromatic nitrogens is 2. The second-order valence-corrected chi connectivity index (χ2v) is 4.55. The van der Waals surface area contributed by atoms with Crippen LogP contribution in [0.5, 0.6) is 0 Å². The van der Waals surface area contributed by atoms with Crippen molar-refractivity contribution in [1.82, 2.24) is 9.97 Å². The summed E-state index contributed by atoms with van der Waals surface area (Å²) in [5, 5.41) is 3.06. The number of hydrogen-bond acceptors (Lipinski definition) is 5. The van der Waals surface area contributed by atoms with E-state index in [0.29, 0.717) is 5.95 Å². The second-order valence-electron chi connectivity index (χ2n) is 4.55. The van der Waals surface area contributed by atoms with Crippen molar-refractivity contribution in [2.75, 3.05) is 36.5 Å². The zero-order chi connectivity index (χ0) is 13.8. The minimum atomic E-state index is -0.174. The van der Waals surface area contributed by atoms with Crippen molar-refractivity contribution in [3.8, 4) is 0 Å². The van der Waals surface area contributed by atoms with E-state index >= 15 is 0 Å². The fourth-order valence-corrected chi connectivity index (χ4v) is 2.15. The molecule has 0 saturated carbocycles. The standard InChI is InChI=1S/C14H16N4O2/c19-13-5-6-15-14(17-13)16-11-1-3-12(4-2-11)18-7-9-20-10-8-18/h1-6H,7-10H2,(H2,15,16,17,19). The predicted octanol–water partition coefficient (Wildman–Crippen LogP) is 1.35. The molecule has 1 aliphatic heterocycles. The maximum Gasteiger partial charge on any atom is 0.252 e. The summed E-state index contributed by atoms with van der Waals surface area (Å²) in [7, 11) is 0. The molecule has 6 heteroatoms. The van der Waals surface area contributed by atoms with Crippen LogP contribution in [0.3, 0.4) is 0 Å². The van der Waals surface area contributed by atoms with Crippen molar-refractivity contribution in [1.29, 1.82) is 0 Å². The third kappa shape index (κ3) is 2.97. The monoisotopic (exact) mass is 272 g/mol. The Morgan fingerprint density at radius 1 is 1.15 bits per heavy atom. The summed E-state index contributed by atoms with van der Waals surface area (Å²) in [6, 6.07) is 9.42. The van der Waals surface area contributed by atoms with E-state index in [1.54, 1.807) is 0 Å². The van der Waals surface area contributed by atoms with E-state index in [9.17, 15) is 4.79 Å². The number of nitrogens with zero attached hydrogens (tertiary/aromatic N) is 2. The van der Waals surface area contributed by atoms with Gasteiger partial charge in [-0.2, -0.15) is 0 Å². The van der Waals surface area contributed by atoms with Crippen LogP contribution in [0.4, 0.5) is 17.3 Å². The first kappa shape index (κ1) is 12.7. The molecule has 1 aromatic carbocycles. The molecular weight excluding hydrogens is 256 g/mol. The van der Waals surface area contributed by atoms with Gasteiger partial charge in [-0.25, -0.2) is 4.98 Å². The molecule has 2 aromatic rings. The fourth-order valence-electron chi connectivity index (χ4n) is 2.15. The van der Waals surface area contributed by atoms with Crippen molar-refractivity contribution in [2.24, 2.45) is 0 Å². The summed E-state index contributed by atoms with van der Waals surface area (Å²) in [4.78, 5) is 20.2. The molecule has 0 amide bonds. The van der Waals surface area contributed by atoms with Gasteiger partial charge in [0.05, 0.1) is 13.2 Å². The highest BCUT2D eigenvalue weighted by atomic mass is 16.5. The molecule has 3 rings (SSSR count). The van der Waals surface area contributed by atoms with Gasteiger partial charge in [0, 0.05) is 36.7 Å². The van der Waals surface area contributed by atoms with E-state index in [2.05, 4.69) is 32.3 Å². The van der Waals surface area contributed by atoms with E-state index in [0.717, 1.165) is 32.0 Å². The molecule has 1 fully saturated rings. The summed E-state index contributed by atoms with van der Waals surface area (Å²) in [6.45, 7) is 3.38. The Kier molecular flexibility index (Phi) is 3.64. The summed E-state index contributed by atoms with van der Waals surface area (Å²) < 4.78 is 5.34. The number of aromatic amines is 1. The third-order valence-corrected chi connectivity index (χ3v) is 3.18. The van der Waals surface area contributed by atoms with Crippen LogP contribution in [0.15, 0.2) is 41.3 Å². The maximum atomic E-state index is 11.2. The van der Waals surface area contributed by atoms with Gasteiger partial charge in [0.25, 0.3) is 5.56 Å². The molecule has 2 heterocycles. The van der Waals surface area contributed by atoms with Crippen LogP contribution >= 0.6 is 0 Å². The lowest BCUT2D eigenvalue weighted by Gasteiger charge is -2.28. The molecule has 1 aromatic heterocycles. The number of anilines is 3.